The van der Waals surface area contributed by atoms with Crippen LogP contribution in [0.3, 0.4) is 0 Å². The number of aliphatic carboxylic acids is 1. The molecule has 0 spiro atoms. The van der Waals surface area contributed by atoms with E-state index in [1.54, 1.807) is 6.33 Å². The standard InChI is InChI=1S/C10H17N3O2/c1-2-3-5-9-12-11-8-13(9)7-4-6-10(14)15/h8H,2-7H2,1H3,(H,14,15). The third kappa shape index (κ3) is 4.10. The van der Waals surface area contributed by atoms with Crippen molar-refractivity contribution in [2.24, 2.45) is 0 Å². The average molecular weight is 211 g/mol. The molecule has 1 N–H and O–H groups in total. The van der Waals surface area contributed by atoms with Crippen LogP contribution in [0.25, 0.3) is 0 Å². The zero-order valence-corrected chi connectivity index (χ0v) is 9.02. The van der Waals surface area contributed by atoms with Crippen molar-refractivity contribution in [3.8, 4) is 0 Å². The molecule has 0 saturated carbocycles. The summed E-state index contributed by atoms with van der Waals surface area (Å²) in [6.07, 6.45) is 5.65. The van der Waals surface area contributed by atoms with Crippen LogP contribution in [0.1, 0.15) is 38.4 Å². The Balaban J connectivity index is 2.39. The van der Waals surface area contributed by atoms with Gasteiger partial charge in [-0.05, 0) is 12.8 Å². The van der Waals surface area contributed by atoms with E-state index in [9.17, 15) is 4.79 Å². The number of hydrogen-bond donors (Lipinski definition) is 1. The Labute approximate surface area is 89.1 Å². The van der Waals surface area contributed by atoms with Crippen molar-refractivity contribution in [3.63, 3.8) is 0 Å². The van der Waals surface area contributed by atoms with Crippen LogP contribution in [0, 0.1) is 0 Å². The van der Waals surface area contributed by atoms with Crippen molar-refractivity contribution in [2.45, 2.75) is 45.6 Å². The zero-order valence-electron chi connectivity index (χ0n) is 9.02. The van der Waals surface area contributed by atoms with Crippen molar-refractivity contribution < 1.29 is 9.90 Å². The number of carboxylic acid groups (broad SMARTS) is 1. The molecule has 1 heterocycles. The molecule has 0 aliphatic carbocycles. The number of hydrogen-bond acceptors (Lipinski definition) is 3. The molecule has 15 heavy (non-hydrogen) atoms. The van der Waals surface area contributed by atoms with Gasteiger partial charge in [0.2, 0.25) is 0 Å². The Morgan fingerprint density at radius 3 is 3.00 bits per heavy atom. The van der Waals surface area contributed by atoms with E-state index in [1.807, 2.05) is 4.57 Å². The first-order valence-corrected chi connectivity index (χ1v) is 5.32. The number of aromatic nitrogens is 3. The van der Waals surface area contributed by atoms with E-state index in [0.717, 1.165) is 25.1 Å². The largest absolute Gasteiger partial charge is 0.481 e. The SMILES string of the molecule is CCCCc1nncn1CCCC(=O)O. The van der Waals surface area contributed by atoms with Crippen molar-refractivity contribution >= 4 is 5.97 Å². The molecule has 0 amide bonds. The maximum absolute atomic E-state index is 10.3. The van der Waals surface area contributed by atoms with Crippen LogP contribution in [0.15, 0.2) is 6.33 Å². The van der Waals surface area contributed by atoms with Crippen LogP contribution < -0.4 is 0 Å². The predicted molar refractivity (Wildman–Crippen MR) is 55.5 cm³/mol. The van der Waals surface area contributed by atoms with E-state index in [0.29, 0.717) is 13.0 Å². The summed E-state index contributed by atoms with van der Waals surface area (Å²) in [7, 11) is 0. The number of carbonyl (C=O) groups is 1. The van der Waals surface area contributed by atoms with Crippen LogP contribution in [0.4, 0.5) is 0 Å². The van der Waals surface area contributed by atoms with Gasteiger partial charge in [0.05, 0.1) is 0 Å². The molecular formula is C10H17N3O2. The van der Waals surface area contributed by atoms with Crippen LogP contribution >= 0.6 is 0 Å². The Kier molecular flexibility index (Phi) is 4.80. The number of carboxylic acids is 1. The van der Waals surface area contributed by atoms with Crippen molar-refractivity contribution in [3.05, 3.63) is 12.2 Å². The van der Waals surface area contributed by atoms with Crippen LogP contribution in [-0.2, 0) is 17.8 Å². The average Bonchev–Trinajstić information content (AvgIpc) is 2.62. The van der Waals surface area contributed by atoms with E-state index in [1.165, 1.54) is 0 Å². The molecule has 0 bridgehead atoms. The smallest absolute Gasteiger partial charge is 0.303 e. The van der Waals surface area contributed by atoms with Gasteiger partial charge in [0.25, 0.3) is 0 Å². The minimum absolute atomic E-state index is 0.200. The topological polar surface area (TPSA) is 68.0 Å². The second-order valence-corrected chi connectivity index (χ2v) is 3.54. The van der Waals surface area contributed by atoms with Gasteiger partial charge in [-0.15, -0.1) is 10.2 Å². The van der Waals surface area contributed by atoms with Crippen molar-refractivity contribution in [1.82, 2.24) is 14.8 Å². The maximum Gasteiger partial charge on any atom is 0.303 e. The van der Waals surface area contributed by atoms with Crippen LogP contribution in [0.5, 0.6) is 0 Å². The van der Waals surface area contributed by atoms with Crippen molar-refractivity contribution in [2.75, 3.05) is 0 Å². The quantitative estimate of drug-likeness (QED) is 0.741. The fourth-order valence-electron chi connectivity index (χ4n) is 1.39. The first-order valence-electron chi connectivity index (χ1n) is 5.32. The zero-order chi connectivity index (χ0) is 11.1. The summed E-state index contributed by atoms with van der Waals surface area (Å²) < 4.78 is 1.94. The number of unbranched alkanes of at least 4 members (excludes halogenated alkanes) is 1. The Hall–Kier alpha value is -1.39. The van der Waals surface area contributed by atoms with Gasteiger partial charge in [0, 0.05) is 19.4 Å². The number of aryl methyl sites for hydroxylation is 2. The lowest BCUT2D eigenvalue weighted by Crippen LogP contribution is -2.05. The summed E-state index contributed by atoms with van der Waals surface area (Å²) in [6.45, 7) is 2.82. The third-order valence-electron chi connectivity index (χ3n) is 2.24. The minimum atomic E-state index is -0.752. The molecule has 0 fully saturated rings. The first-order chi connectivity index (χ1) is 7.24. The van der Waals surface area contributed by atoms with Gasteiger partial charge in [-0.3, -0.25) is 4.79 Å². The highest BCUT2D eigenvalue weighted by atomic mass is 16.4. The minimum Gasteiger partial charge on any atom is -0.481 e. The summed E-state index contributed by atoms with van der Waals surface area (Å²) in [5.74, 6) is 0.209. The highest BCUT2D eigenvalue weighted by molar-refractivity contribution is 5.66. The van der Waals surface area contributed by atoms with Gasteiger partial charge in [0.15, 0.2) is 0 Å². The number of nitrogens with zero attached hydrogens (tertiary/aromatic N) is 3. The van der Waals surface area contributed by atoms with E-state index in [4.69, 9.17) is 5.11 Å². The van der Waals surface area contributed by atoms with Gasteiger partial charge in [-0.25, -0.2) is 0 Å². The van der Waals surface area contributed by atoms with Crippen molar-refractivity contribution in [1.29, 1.82) is 0 Å². The van der Waals surface area contributed by atoms with E-state index < -0.39 is 5.97 Å². The third-order valence-corrected chi connectivity index (χ3v) is 2.24. The summed E-state index contributed by atoms with van der Waals surface area (Å²) in [6, 6.07) is 0. The van der Waals surface area contributed by atoms with Gasteiger partial charge < -0.3 is 9.67 Å². The monoisotopic (exact) mass is 211 g/mol. The van der Waals surface area contributed by atoms with Crippen LogP contribution in [0.2, 0.25) is 0 Å². The Morgan fingerprint density at radius 1 is 1.53 bits per heavy atom. The second-order valence-electron chi connectivity index (χ2n) is 3.54. The molecule has 1 aromatic heterocycles. The second kappa shape index (κ2) is 6.16. The lowest BCUT2D eigenvalue weighted by molar-refractivity contribution is -0.137. The molecule has 0 radical (unpaired) electrons. The molecule has 1 aromatic rings. The molecule has 5 heteroatoms. The molecule has 5 nitrogen and oxygen atoms in total. The van der Waals surface area contributed by atoms with E-state index in [-0.39, 0.29) is 6.42 Å². The van der Waals surface area contributed by atoms with E-state index >= 15 is 0 Å². The predicted octanol–water partition coefficient (Wildman–Crippen LogP) is 1.49. The van der Waals surface area contributed by atoms with Gasteiger partial charge in [0.1, 0.15) is 12.2 Å². The van der Waals surface area contributed by atoms with Gasteiger partial charge in [-0.2, -0.15) is 0 Å². The number of rotatable bonds is 7. The summed E-state index contributed by atoms with van der Waals surface area (Å²) >= 11 is 0. The lowest BCUT2D eigenvalue weighted by Gasteiger charge is -2.04. The van der Waals surface area contributed by atoms with Gasteiger partial charge >= 0.3 is 5.97 Å². The first kappa shape index (κ1) is 11.7. The lowest BCUT2D eigenvalue weighted by atomic mass is 10.2. The Morgan fingerprint density at radius 2 is 2.33 bits per heavy atom. The fourth-order valence-corrected chi connectivity index (χ4v) is 1.39. The molecule has 0 atom stereocenters. The highest BCUT2D eigenvalue weighted by Gasteiger charge is 2.04. The highest BCUT2D eigenvalue weighted by Crippen LogP contribution is 2.03. The Bertz CT molecular complexity index is 309. The van der Waals surface area contributed by atoms with Gasteiger partial charge in [-0.1, -0.05) is 13.3 Å². The van der Waals surface area contributed by atoms with E-state index in [2.05, 4.69) is 17.1 Å². The molecule has 0 aromatic carbocycles. The molecule has 84 valence electrons. The molecular weight excluding hydrogens is 194 g/mol. The normalized spacial score (nSPS) is 10.5. The molecule has 0 unspecified atom stereocenters. The molecule has 1 rings (SSSR count). The molecule has 0 aliphatic rings. The summed E-state index contributed by atoms with van der Waals surface area (Å²) in [4.78, 5) is 10.3. The summed E-state index contributed by atoms with van der Waals surface area (Å²) in [5.41, 5.74) is 0. The molecule has 0 aliphatic heterocycles. The fraction of sp³-hybridized carbons (Fsp3) is 0.700. The molecule has 0 saturated heterocycles. The van der Waals surface area contributed by atoms with Crippen LogP contribution in [-0.4, -0.2) is 25.8 Å². The maximum atomic E-state index is 10.3. The summed E-state index contributed by atoms with van der Waals surface area (Å²) in [5, 5.41) is 16.4.